The van der Waals surface area contributed by atoms with Gasteiger partial charge >= 0.3 is 0 Å². The molecule has 16 heavy (non-hydrogen) atoms. The predicted octanol–water partition coefficient (Wildman–Crippen LogP) is 3.84. The third-order valence-electron chi connectivity index (χ3n) is 3.08. The van der Waals surface area contributed by atoms with E-state index in [4.69, 9.17) is 5.84 Å². The van der Waals surface area contributed by atoms with Crippen molar-refractivity contribution in [2.75, 3.05) is 0 Å². The average Bonchev–Trinajstić information content (AvgIpc) is 2.59. The summed E-state index contributed by atoms with van der Waals surface area (Å²) < 4.78 is 0. The number of thiophene rings is 1. The van der Waals surface area contributed by atoms with Gasteiger partial charge in [-0.1, -0.05) is 32.6 Å². The maximum Gasteiger partial charge on any atom is 0.0553 e. The molecular formula is C13H24N2S. The molecule has 1 atom stereocenters. The Hall–Kier alpha value is -0.380. The van der Waals surface area contributed by atoms with Gasteiger partial charge in [-0.25, -0.2) is 0 Å². The minimum Gasteiger partial charge on any atom is -0.271 e. The second-order valence-corrected chi connectivity index (χ2v) is 5.74. The second-order valence-electron chi connectivity index (χ2n) is 4.46. The van der Waals surface area contributed by atoms with Crippen LogP contribution in [-0.4, -0.2) is 0 Å². The molecule has 1 rings (SSSR count). The van der Waals surface area contributed by atoms with Gasteiger partial charge in [-0.15, -0.1) is 11.3 Å². The van der Waals surface area contributed by atoms with Crippen LogP contribution >= 0.6 is 11.3 Å². The predicted molar refractivity (Wildman–Crippen MR) is 72.6 cm³/mol. The molecule has 2 nitrogen and oxygen atoms in total. The fourth-order valence-electron chi connectivity index (χ4n) is 1.86. The Bertz CT molecular complexity index is 287. The Labute approximate surface area is 103 Å². The topological polar surface area (TPSA) is 38.0 Å². The Balaban J connectivity index is 2.47. The third-order valence-corrected chi connectivity index (χ3v) is 4.34. The Morgan fingerprint density at radius 1 is 1.31 bits per heavy atom. The molecule has 1 aromatic heterocycles. The van der Waals surface area contributed by atoms with E-state index in [0.29, 0.717) is 6.04 Å². The van der Waals surface area contributed by atoms with E-state index in [0.717, 1.165) is 6.42 Å². The summed E-state index contributed by atoms with van der Waals surface area (Å²) in [6.07, 6.45) is 6.35. The summed E-state index contributed by atoms with van der Waals surface area (Å²) in [6, 6.07) is 2.61. The van der Waals surface area contributed by atoms with Gasteiger partial charge < -0.3 is 0 Å². The molecule has 0 aliphatic carbocycles. The lowest BCUT2D eigenvalue weighted by molar-refractivity contribution is 0.488. The maximum atomic E-state index is 5.64. The summed E-state index contributed by atoms with van der Waals surface area (Å²) in [5.41, 5.74) is 4.33. The minimum atomic E-state index is 0.342. The highest BCUT2D eigenvalue weighted by Crippen LogP contribution is 2.29. The van der Waals surface area contributed by atoms with E-state index in [1.54, 1.807) is 0 Å². The molecule has 1 heterocycles. The molecule has 0 spiro atoms. The van der Waals surface area contributed by atoms with Crippen molar-refractivity contribution >= 4 is 11.3 Å². The van der Waals surface area contributed by atoms with E-state index in [1.165, 1.54) is 41.0 Å². The highest BCUT2D eigenvalue weighted by Gasteiger charge is 2.12. The zero-order chi connectivity index (χ0) is 12.0. The Kier molecular flexibility index (Phi) is 6.03. The maximum absolute atomic E-state index is 5.64. The molecule has 3 heteroatoms. The molecule has 0 aliphatic rings. The molecule has 0 amide bonds. The quantitative estimate of drug-likeness (QED) is 0.432. The number of hydrazine groups is 1. The molecule has 0 saturated heterocycles. The highest BCUT2D eigenvalue weighted by atomic mass is 32.1. The van der Waals surface area contributed by atoms with Crippen LogP contribution in [0.2, 0.25) is 0 Å². The largest absolute Gasteiger partial charge is 0.271 e. The number of rotatable bonds is 7. The van der Waals surface area contributed by atoms with Gasteiger partial charge in [0, 0.05) is 9.75 Å². The first kappa shape index (κ1) is 13.7. The first-order valence-electron chi connectivity index (χ1n) is 6.22. The second kappa shape index (κ2) is 7.05. The molecule has 0 radical (unpaired) electrons. The number of nitrogens with two attached hydrogens (primary N) is 1. The van der Waals surface area contributed by atoms with Crippen LogP contribution in [0.25, 0.3) is 0 Å². The van der Waals surface area contributed by atoms with Crippen molar-refractivity contribution in [3.8, 4) is 0 Å². The normalized spacial score (nSPS) is 13.0. The molecule has 0 bridgehead atoms. The smallest absolute Gasteiger partial charge is 0.0553 e. The lowest BCUT2D eigenvalue weighted by Gasteiger charge is -2.13. The first-order valence-corrected chi connectivity index (χ1v) is 7.03. The Morgan fingerprint density at radius 3 is 2.56 bits per heavy atom. The van der Waals surface area contributed by atoms with Gasteiger partial charge in [0.05, 0.1) is 6.04 Å². The minimum absolute atomic E-state index is 0.342. The summed E-state index contributed by atoms with van der Waals surface area (Å²) >= 11 is 1.87. The van der Waals surface area contributed by atoms with Crippen molar-refractivity contribution in [1.82, 2.24) is 5.43 Å². The summed E-state index contributed by atoms with van der Waals surface area (Å²) in [4.78, 5) is 2.79. The molecule has 3 N–H and O–H groups in total. The van der Waals surface area contributed by atoms with Crippen LogP contribution in [0.15, 0.2) is 6.07 Å². The van der Waals surface area contributed by atoms with Gasteiger partial charge in [-0.3, -0.25) is 11.3 Å². The molecule has 0 aromatic carbocycles. The Morgan fingerprint density at radius 2 is 2.06 bits per heavy atom. The monoisotopic (exact) mass is 240 g/mol. The van der Waals surface area contributed by atoms with Crippen molar-refractivity contribution in [3.05, 3.63) is 21.4 Å². The number of unbranched alkanes of at least 4 members (excludes halogenated alkanes) is 3. The van der Waals surface area contributed by atoms with E-state index in [2.05, 4.69) is 32.3 Å². The highest BCUT2D eigenvalue weighted by molar-refractivity contribution is 7.12. The number of aryl methyl sites for hydroxylation is 2. The molecule has 0 fully saturated rings. The van der Waals surface area contributed by atoms with E-state index < -0.39 is 0 Å². The van der Waals surface area contributed by atoms with Gasteiger partial charge in [-0.2, -0.15) is 0 Å². The SMILES string of the molecule is CCCCCCC(NN)c1cc(C)c(C)s1. The van der Waals surface area contributed by atoms with Crippen LogP contribution in [0.5, 0.6) is 0 Å². The standard InChI is InChI=1S/C13H24N2S/c1-4-5-6-7-8-12(15-14)13-9-10(2)11(3)16-13/h9,12,15H,4-8,14H2,1-3H3. The molecule has 0 saturated carbocycles. The summed E-state index contributed by atoms with van der Waals surface area (Å²) in [5.74, 6) is 5.64. The van der Waals surface area contributed by atoms with Gasteiger partial charge in [-0.05, 0) is 31.9 Å². The van der Waals surface area contributed by atoms with Crippen LogP contribution in [-0.2, 0) is 0 Å². The van der Waals surface area contributed by atoms with Gasteiger partial charge in [0.15, 0.2) is 0 Å². The number of hydrogen-bond donors (Lipinski definition) is 2. The van der Waals surface area contributed by atoms with Crippen LogP contribution in [0.1, 0.15) is 60.4 Å². The van der Waals surface area contributed by atoms with Gasteiger partial charge in [0.1, 0.15) is 0 Å². The molecule has 1 aromatic rings. The third kappa shape index (κ3) is 3.89. The fourth-order valence-corrected chi connectivity index (χ4v) is 2.99. The molecule has 92 valence electrons. The van der Waals surface area contributed by atoms with Crippen LogP contribution < -0.4 is 11.3 Å². The first-order chi connectivity index (χ1) is 7.69. The number of hydrogen-bond acceptors (Lipinski definition) is 3. The van der Waals surface area contributed by atoms with Crippen molar-refractivity contribution in [1.29, 1.82) is 0 Å². The van der Waals surface area contributed by atoms with Gasteiger partial charge in [0.25, 0.3) is 0 Å². The van der Waals surface area contributed by atoms with E-state index >= 15 is 0 Å². The van der Waals surface area contributed by atoms with Crippen LogP contribution in [0.4, 0.5) is 0 Å². The zero-order valence-corrected chi connectivity index (χ0v) is 11.5. The fraction of sp³-hybridized carbons (Fsp3) is 0.692. The summed E-state index contributed by atoms with van der Waals surface area (Å²) in [6.45, 7) is 6.58. The molecular weight excluding hydrogens is 216 g/mol. The molecule has 0 aliphatic heterocycles. The van der Waals surface area contributed by atoms with E-state index in [1.807, 2.05) is 11.3 Å². The van der Waals surface area contributed by atoms with Crippen molar-refractivity contribution < 1.29 is 0 Å². The lowest BCUT2D eigenvalue weighted by Crippen LogP contribution is -2.27. The van der Waals surface area contributed by atoms with Gasteiger partial charge in [0.2, 0.25) is 0 Å². The van der Waals surface area contributed by atoms with E-state index in [-0.39, 0.29) is 0 Å². The lowest BCUT2D eigenvalue weighted by atomic mass is 10.1. The van der Waals surface area contributed by atoms with Crippen LogP contribution in [0, 0.1) is 13.8 Å². The summed E-state index contributed by atoms with van der Waals surface area (Å²) in [5, 5.41) is 0. The molecule has 1 unspecified atom stereocenters. The van der Waals surface area contributed by atoms with Crippen molar-refractivity contribution in [3.63, 3.8) is 0 Å². The van der Waals surface area contributed by atoms with Crippen molar-refractivity contribution in [2.45, 2.75) is 58.9 Å². The summed E-state index contributed by atoms with van der Waals surface area (Å²) in [7, 11) is 0. The number of nitrogens with one attached hydrogen (secondary N) is 1. The van der Waals surface area contributed by atoms with E-state index in [9.17, 15) is 0 Å². The zero-order valence-electron chi connectivity index (χ0n) is 10.7. The van der Waals surface area contributed by atoms with Crippen LogP contribution in [0.3, 0.4) is 0 Å². The van der Waals surface area contributed by atoms with Crippen molar-refractivity contribution in [2.24, 2.45) is 5.84 Å². The average molecular weight is 240 g/mol.